The molecule has 10 heteroatoms. The van der Waals surface area contributed by atoms with Crippen molar-refractivity contribution in [2.45, 2.75) is 11.1 Å². The van der Waals surface area contributed by atoms with Crippen LogP contribution in [0.25, 0.3) is 0 Å². The van der Waals surface area contributed by atoms with E-state index in [-0.39, 0.29) is 23.9 Å². The lowest BCUT2D eigenvalue weighted by atomic mass is 10.3. The van der Waals surface area contributed by atoms with E-state index in [1.54, 1.807) is 0 Å². The van der Waals surface area contributed by atoms with Gasteiger partial charge in [-0.15, -0.1) is 0 Å². The van der Waals surface area contributed by atoms with Crippen LogP contribution in [-0.2, 0) is 14.8 Å². The van der Waals surface area contributed by atoms with Gasteiger partial charge in [0.1, 0.15) is 19.0 Å². The summed E-state index contributed by atoms with van der Waals surface area (Å²) in [7, 11) is -3.82. The van der Waals surface area contributed by atoms with E-state index in [2.05, 4.69) is 20.7 Å². The second-order valence-electron chi connectivity index (χ2n) is 3.65. The first kappa shape index (κ1) is 17.2. The third-order valence-corrected chi connectivity index (χ3v) is 3.51. The lowest BCUT2D eigenvalue weighted by molar-refractivity contribution is -0.175. The number of hydrogen-bond donors (Lipinski definition) is 1. The Morgan fingerprint density at radius 3 is 2.40 bits per heavy atom. The molecule has 0 atom stereocenters. The number of halogens is 4. The maximum absolute atomic E-state index is 11.8. The summed E-state index contributed by atoms with van der Waals surface area (Å²) in [5, 5.41) is 4.94. The Balaban J connectivity index is 2.50. The normalized spacial score (nSPS) is 12.4. The van der Waals surface area contributed by atoms with Crippen LogP contribution in [0.3, 0.4) is 0 Å². The molecule has 5 nitrogen and oxygen atoms in total. The van der Waals surface area contributed by atoms with Gasteiger partial charge in [-0.2, -0.15) is 13.2 Å². The summed E-state index contributed by atoms with van der Waals surface area (Å²) < 4.78 is 67.3. The van der Waals surface area contributed by atoms with Crippen molar-refractivity contribution >= 4 is 26.0 Å². The predicted octanol–water partition coefficient (Wildman–Crippen LogP) is 2.05. The Morgan fingerprint density at radius 2 is 1.90 bits per heavy atom. The van der Waals surface area contributed by atoms with Gasteiger partial charge in [0.2, 0.25) is 10.0 Å². The van der Waals surface area contributed by atoms with Gasteiger partial charge in [0.15, 0.2) is 0 Å². The molecule has 0 spiro atoms. The molecule has 0 saturated carbocycles. The zero-order valence-electron chi connectivity index (χ0n) is 9.98. The summed E-state index contributed by atoms with van der Waals surface area (Å²) in [5.74, 6) is 0.271. The first-order valence-electron chi connectivity index (χ1n) is 5.19. The van der Waals surface area contributed by atoms with Crippen LogP contribution in [0.15, 0.2) is 27.6 Å². The molecule has 1 aromatic carbocycles. The van der Waals surface area contributed by atoms with Crippen molar-refractivity contribution in [1.82, 2.24) is 0 Å². The molecule has 0 aliphatic heterocycles. The Hall–Kier alpha value is -0.840. The molecule has 0 heterocycles. The number of rotatable bonds is 6. The van der Waals surface area contributed by atoms with Crippen LogP contribution < -0.4 is 9.88 Å². The second-order valence-corrected chi connectivity index (χ2v) is 6.07. The maximum atomic E-state index is 11.8. The van der Waals surface area contributed by atoms with Crippen molar-refractivity contribution in [2.75, 3.05) is 19.8 Å². The largest absolute Gasteiger partial charge is 0.490 e. The number of sulfonamides is 1. The van der Waals surface area contributed by atoms with Gasteiger partial charge in [-0.3, -0.25) is 0 Å². The SMILES string of the molecule is NS(=O)(=O)c1ccc(OCCOCC(F)(F)F)c(Br)c1. The first-order chi connectivity index (χ1) is 9.09. The summed E-state index contributed by atoms with van der Waals surface area (Å²) in [6.45, 7) is -1.70. The fourth-order valence-electron chi connectivity index (χ4n) is 1.17. The van der Waals surface area contributed by atoms with Crippen molar-refractivity contribution in [2.24, 2.45) is 5.14 Å². The summed E-state index contributed by atoms with van der Waals surface area (Å²) in [6, 6.07) is 3.81. The molecule has 2 N–H and O–H groups in total. The van der Waals surface area contributed by atoms with E-state index in [0.717, 1.165) is 0 Å². The predicted molar refractivity (Wildman–Crippen MR) is 67.9 cm³/mol. The van der Waals surface area contributed by atoms with Crippen LogP contribution in [0.4, 0.5) is 13.2 Å². The highest BCUT2D eigenvalue weighted by molar-refractivity contribution is 9.10. The van der Waals surface area contributed by atoms with Crippen LogP contribution in [0.2, 0.25) is 0 Å². The fourth-order valence-corrected chi connectivity index (χ4v) is 2.36. The molecule has 0 fully saturated rings. The minimum atomic E-state index is -4.38. The number of hydrogen-bond acceptors (Lipinski definition) is 4. The zero-order chi connectivity index (χ0) is 15.4. The monoisotopic (exact) mass is 377 g/mol. The number of ether oxygens (including phenoxy) is 2. The highest BCUT2D eigenvalue weighted by atomic mass is 79.9. The van der Waals surface area contributed by atoms with Crippen LogP contribution in [-0.4, -0.2) is 34.4 Å². The Labute approximate surface area is 122 Å². The number of primary sulfonamides is 1. The molecule has 0 aromatic heterocycles. The third kappa shape index (κ3) is 6.07. The number of benzene rings is 1. The van der Waals surface area contributed by atoms with Crippen LogP contribution in [0, 0.1) is 0 Å². The van der Waals surface area contributed by atoms with Gasteiger partial charge in [-0.1, -0.05) is 0 Å². The summed E-state index contributed by atoms with van der Waals surface area (Å²) >= 11 is 3.07. The van der Waals surface area contributed by atoms with Gasteiger partial charge in [0.25, 0.3) is 0 Å². The number of alkyl halides is 3. The quantitative estimate of drug-likeness (QED) is 0.769. The van der Waals surface area contributed by atoms with Crippen LogP contribution in [0.5, 0.6) is 5.75 Å². The Bertz CT molecular complexity index is 562. The van der Waals surface area contributed by atoms with Gasteiger partial charge in [-0.05, 0) is 34.1 Å². The lowest BCUT2D eigenvalue weighted by Crippen LogP contribution is -2.19. The van der Waals surface area contributed by atoms with E-state index < -0.39 is 22.8 Å². The standard InChI is InChI=1S/C10H11BrF3NO4S/c11-8-5-7(20(15,16)17)1-2-9(8)19-4-3-18-6-10(12,13)14/h1-2,5H,3-4,6H2,(H2,15,16,17). The molecule has 1 rings (SSSR count). The average molecular weight is 378 g/mol. The molecular weight excluding hydrogens is 367 g/mol. The van der Waals surface area contributed by atoms with E-state index in [4.69, 9.17) is 9.88 Å². The summed E-state index contributed by atoms with van der Waals surface area (Å²) in [5.41, 5.74) is 0. The molecule has 114 valence electrons. The summed E-state index contributed by atoms with van der Waals surface area (Å²) in [6.07, 6.45) is -4.38. The zero-order valence-corrected chi connectivity index (χ0v) is 12.4. The van der Waals surface area contributed by atoms with Crippen molar-refractivity contribution in [3.05, 3.63) is 22.7 Å². The molecule has 1 aromatic rings. The lowest BCUT2D eigenvalue weighted by Gasteiger charge is -2.10. The van der Waals surface area contributed by atoms with E-state index in [1.807, 2.05) is 0 Å². The fraction of sp³-hybridized carbons (Fsp3) is 0.400. The van der Waals surface area contributed by atoms with Crippen molar-refractivity contribution in [1.29, 1.82) is 0 Å². The van der Waals surface area contributed by atoms with E-state index >= 15 is 0 Å². The molecular formula is C10H11BrF3NO4S. The summed E-state index contributed by atoms with van der Waals surface area (Å²) in [4.78, 5) is -0.106. The first-order valence-corrected chi connectivity index (χ1v) is 7.53. The molecule has 0 saturated heterocycles. The third-order valence-electron chi connectivity index (χ3n) is 1.98. The van der Waals surface area contributed by atoms with Gasteiger partial charge in [0, 0.05) is 0 Å². The van der Waals surface area contributed by atoms with Gasteiger partial charge in [-0.25, -0.2) is 13.6 Å². The Morgan fingerprint density at radius 1 is 1.25 bits per heavy atom. The van der Waals surface area contributed by atoms with E-state index in [0.29, 0.717) is 4.47 Å². The van der Waals surface area contributed by atoms with Crippen molar-refractivity contribution in [3.63, 3.8) is 0 Å². The molecule has 0 aliphatic rings. The number of nitrogens with two attached hydrogens (primary N) is 1. The molecule has 0 unspecified atom stereocenters. The molecule has 0 aliphatic carbocycles. The molecule has 0 radical (unpaired) electrons. The molecule has 20 heavy (non-hydrogen) atoms. The molecule has 0 bridgehead atoms. The van der Waals surface area contributed by atoms with Gasteiger partial charge >= 0.3 is 6.18 Å². The minimum absolute atomic E-state index is 0.106. The smallest absolute Gasteiger partial charge is 0.411 e. The van der Waals surface area contributed by atoms with Crippen molar-refractivity contribution in [3.8, 4) is 5.75 Å². The van der Waals surface area contributed by atoms with Crippen LogP contribution >= 0.6 is 15.9 Å². The van der Waals surface area contributed by atoms with E-state index in [9.17, 15) is 21.6 Å². The second kappa shape index (κ2) is 6.74. The average Bonchev–Trinajstić information content (AvgIpc) is 2.27. The highest BCUT2D eigenvalue weighted by Crippen LogP contribution is 2.27. The van der Waals surface area contributed by atoms with E-state index in [1.165, 1.54) is 18.2 Å². The Kier molecular flexibility index (Phi) is 5.80. The molecule has 0 amide bonds. The topological polar surface area (TPSA) is 78.6 Å². The van der Waals surface area contributed by atoms with Gasteiger partial charge < -0.3 is 9.47 Å². The van der Waals surface area contributed by atoms with Crippen LogP contribution in [0.1, 0.15) is 0 Å². The maximum Gasteiger partial charge on any atom is 0.411 e. The van der Waals surface area contributed by atoms with Gasteiger partial charge in [0.05, 0.1) is 16.0 Å². The van der Waals surface area contributed by atoms with Crippen molar-refractivity contribution < 1.29 is 31.1 Å². The highest BCUT2D eigenvalue weighted by Gasteiger charge is 2.27. The minimum Gasteiger partial charge on any atom is -0.490 e.